The van der Waals surface area contributed by atoms with Gasteiger partial charge in [-0.15, -0.1) is 11.8 Å². The number of hydrogen-bond acceptors (Lipinski definition) is 5. The van der Waals surface area contributed by atoms with Gasteiger partial charge in [0.25, 0.3) is 5.91 Å². The summed E-state index contributed by atoms with van der Waals surface area (Å²) < 4.78 is 5.04. The zero-order valence-corrected chi connectivity index (χ0v) is 18.9. The number of ether oxygens (including phenoxy) is 1. The molecule has 31 heavy (non-hydrogen) atoms. The van der Waals surface area contributed by atoms with E-state index < -0.39 is 0 Å². The summed E-state index contributed by atoms with van der Waals surface area (Å²) in [4.78, 5) is 28.7. The highest BCUT2D eigenvalue weighted by molar-refractivity contribution is 7.98. The predicted octanol–water partition coefficient (Wildman–Crippen LogP) is 4.42. The Balaban J connectivity index is 1.70. The minimum Gasteiger partial charge on any atom is -0.385 e. The summed E-state index contributed by atoms with van der Waals surface area (Å²) in [6.07, 6.45) is 4.99. The largest absolute Gasteiger partial charge is 0.385 e. The number of rotatable bonds is 9. The number of nitrogens with one attached hydrogen (secondary N) is 3. The third-order valence-electron chi connectivity index (χ3n) is 5.10. The van der Waals surface area contributed by atoms with E-state index >= 15 is 0 Å². The summed E-state index contributed by atoms with van der Waals surface area (Å²) in [5, 5.41) is 8.61. The topological polar surface area (TPSA) is 82.7 Å². The summed E-state index contributed by atoms with van der Waals surface area (Å²) in [5.41, 5.74) is 2.75. The van der Waals surface area contributed by atoms with Crippen molar-refractivity contribution in [3.63, 3.8) is 0 Å². The molecule has 0 spiro atoms. The molecule has 0 atom stereocenters. The molecule has 7 nitrogen and oxygen atoms in total. The Morgan fingerprint density at radius 1 is 1.03 bits per heavy atom. The van der Waals surface area contributed by atoms with Crippen molar-refractivity contribution in [3.05, 3.63) is 48.0 Å². The number of amides is 3. The number of methoxy groups -OCH3 is 1. The van der Waals surface area contributed by atoms with Gasteiger partial charge in [-0.25, -0.2) is 4.79 Å². The maximum atomic E-state index is 12.9. The maximum Gasteiger partial charge on any atom is 0.323 e. The Morgan fingerprint density at radius 3 is 2.39 bits per heavy atom. The average molecular weight is 443 g/mol. The summed E-state index contributed by atoms with van der Waals surface area (Å²) in [7, 11) is 1.64. The van der Waals surface area contributed by atoms with E-state index in [1.807, 2.05) is 42.7 Å². The standard InChI is InChI=1S/C23H30N4O3S/c1-30-15-5-12-24-22(28)20-16-18(8-11-21(20)27-13-3-4-14-27)26-23(29)25-17-6-9-19(31-2)10-7-17/h6-11,16H,3-5,12-15H2,1-2H3,(H,24,28)(H2,25,26,29). The van der Waals surface area contributed by atoms with Crippen LogP contribution in [0.1, 0.15) is 29.6 Å². The fourth-order valence-corrected chi connectivity index (χ4v) is 3.92. The van der Waals surface area contributed by atoms with Crippen LogP contribution >= 0.6 is 11.8 Å². The summed E-state index contributed by atoms with van der Waals surface area (Å²) >= 11 is 1.65. The molecule has 0 radical (unpaired) electrons. The molecule has 1 fully saturated rings. The minimum absolute atomic E-state index is 0.144. The van der Waals surface area contributed by atoms with Gasteiger partial charge in [-0.3, -0.25) is 4.79 Å². The second-order valence-electron chi connectivity index (χ2n) is 7.34. The van der Waals surface area contributed by atoms with Gasteiger partial charge in [-0.2, -0.15) is 0 Å². The van der Waals surface area contributed by atoms with Gasteiger partial charge in [0, 0.05) is 55.3 Å². The van der Waals surface area contributed by atoms with Gasteiger partial charge in [0.15, 0.2) is 0 Å². The Morgan fingerprint density at radius 2 is 1.71 bits per heavy atom. The number of hydrogen-bond donors (Lipinski definition) is 3. The normalized spacial score (nSPS) is 13.2. The third-order valence-corrected chi connectivity index (χ3v) is 5.85. The summed E-state index contributed by atoms with van der Waals surface area (Å²) in [6.45, 7) is 3.00. The first-order chi connectivity index (χ1) is 15.1. The van der Waals surface area contributed by atoms with Gasteiger partial charge < -0.3 is 25.6 Å². The smallest absolute Gasteiger partial charge is 0.323 e. The van der Waals surface area contributed by atoms with Crippen molar-refractivity contribution >= 4 is 40.8 Å². The molecule has 8 heteroatoms. The van der Waals surface area contributed by atoms with E-state index in [1.165, 1.54) is 0 Å². The van der Waals surface area contributed by atoms with Gasteiger partial charge in [-0.05, 0) is 68.0 Å². The van der Waals surface area contributed by atoms with E-state index in [0.29, 0.717) is 30.1 Å². The molecule has 166 valence electrons. The number of carbonyl (C=O) groups is 2. The fourth-order valence-electron chi connectivity index (χ4n) is 3.51. The molecule has 1 heterocycles. The highest BCUT2D eigenvalue weighted by atomic mass is 32.2. The van der Waals surface area contributed by atoms with E-state index in [1.54, 1.807) is 24.9 Å². The van der Waals surface area contributed by atoms with Crippen LogP contribution in [0.5, 0.6) is 0 Å². The first-order valence-corrected chi connectivity index (χ1v) is 11.7. The molecule has 3 rings (SSSR count). The lowest BCUT2D eigenvalue weighted by atomic mass is 10.1. The van der Waals surface area contributed by atoms with E-state index in [-0.39, 0.29) is 11.9 Å². The predicted molar refractivity (Wildman–Crippen MR) is 128 cm³/mol. The fraction of sp³-hybridized carbons (Fsp3) is 0.391. The number of thioether (sulfide) groups is 1. The van der Waals surface area contributed by atoms with Crippen LogP contribution < -0.4 is 20.9 Å². The van der Waals surface area contributed by atoms with Crippen molar-refractivity contribution in [2.75, 3.05) is 55.1 Å². The van der Waals surface area contributed by atoms with Crippen molar-refractivity contribution in [2.45, 2.75) is 24.2 Å². The number of anilines is 3. The third kappa shape index (κ3) is 6.63. The molecule has 0 bridgehead atoms. The van der Waals surface area contributed by atoms with E-state index in [4.69, 9.17) is 4.74 Å². The highest BCUT2D eigenvalue weighted by Crippen LogP contribution is 2.28. The quantitative estimate of drug-likeness (QED) is 0.396. The zero-order valence-electron chi connectivity index (χ0n) is 18.1. The number of carbonyl (C=O) groups excluding carboxylic acids is 2. The molecule has 0 saturated carbocycles. The van der Waals surface area contributed by atoms with Crippen molar-refractivity contribution < 1.29 is 14.3 Å². The van der Waals surface area contributed by atoms with Crippen molar-refractivity contribution in [3.8, 4) is 0 Å². The second-order valence-corrected chi connectivity index (χ2v) is 8.22. The van der Waals surface area contributed by atoms with Crippen LogP contribution in [0.2, 0.25) is 0 Å². The molecule has 3 amide bonds. The van der Waals surface area contributed by atoms with E-state index in [9.17, 15) is 9.59 Å². The lowest BCUT2D eigenvalue weighted by Crippen LogP contribution is -2.29. The molecule has 1 aliphatic heterocycles. The molecule has 3 N–H and O–H groups in total. The van der Waals surface area contributed by atoms with Crippen LogP contribution in [-0.4, -0.2) is 51.5 Å². The molecule has 0 aliphatic carbocycles. The lowest BCUT2D eigenvalue weighted by Gasteiger charge is -2.22. The van der Waals surface area contributed by atoms with Crippen molar-refractivity contribution in [1.29, 1.82) is 0 Å². The Hall–Kier alpha value is -2.71. The number of benzene rings is 2. The molecular formula is C23H30N4O3S. The van der Waals surface area contributed by atoms with E-state index in [0.717, 1.165) is 42.9 Å². The molecule has 1 saturated heterocycles. The average Bonchev–Trinajstić information content (AvgIpc) is 3.32. The Labute approximate surface area is 187 Å². The van der Waals surface area contributed by atoms with Crippen LogP contribution in [0.4, 0.5) is 21.9 Å². The minimum atomic E-state index is -0.350. The molecule has 2 aromatic carbocycles. The van der Waals surface area contributed by atoms with Crippen LogP contribution in [0.3, 0.4) is 0 Å². The first-order valence-electron chi connectivity index (χ1n) is 10.5. The first kappa shape index (κ1) is 23.0. The molecular weight excluding hydrogens is 412 g/mol. The number of urea groups is 1. The van der Waals surface area contributed by atoms with E-state index in [2.05, 4.69) is 20.9 Å². The maximum absolute atomic E-state index is 12.9. The van der Waals surface area contributed by atoms with Crippen LogP contribution in [0.25, 0.3) is 0 Å². The number of nitrogens with zero attached hydrogens (tertiary/aromatic N) is 1. The van der Waals surface area contributed by atoms with Crippen molar-refractivity contribution in [1.82, 2.24) is 5.32 Å². The molecule has 0 unspecified atom stereocenters. The van der Waals surface area contributed by atoms with Crippen LogP contribution in [0, 0.1) is 0 Å². The summed E-state index contributed by atoms with van der Waals surface area (Å²) in [5.74, 6) is -0.144. The van der Waals surface area contributed by atoms with Crippen molar-refractivity contribution in [2.24, 2.45) is 0 Å². The monoisotopic (exact) mass is 442 g/mol. The Kier molecular flexibility index (Phi) is 8.61. The molecule has 0 aromatic heterocycles. The summed E-state index contributed by atoms with van der Waals surface area (Å²) in [6, 6.07) is 12.8. The van der Waals surface area contributed by atoms with Gasteiger partial charge in [-0.1, -0.05) is 0 Å². The molecule has 1 aliphatic rings. The van der Waals surface area contributed by atoms with Crippen LogP contribution in [-0.2, 0) is 4.74 Å². The van der Waals surface area contributed by atoms with Gasteiger partial charge in [0.1, 0.15) is 0 Å². The lowest BCUT2D eigenvalue weighted by molar-refractivity contribution is 0.0949. The van der Waals surface area contributed by atoms with Gasteiger partial charge in [0.05, 0.1) is 5.56 Å². The van der Waals surface area contributed by atoms with Gasteiger partial charge >= 0.3 is 6.03 Å². The zero-order chi connectivity index (χ0) is 22.1. The Bertz CT molecular complexity index is 883. The highest BCUT2D eigenvalue weighted by Gasteiger charge is 2.20. The second kappa shape index (κ2) is 11.6. The molecule has 2 aromatic rings. The SMILES string of the molecule is COCCCNC(=O)c1cc(NC(=O)Nc2ccc(SC)cc2)ccc1N1CCCC1. The van der Waals surface area contributed by atoms with Gasteiger partial charge in [0.2, 0.25) is 0 Å². The van der Waals surface area contributed by atoms with Crippen LogP contribution in [0.15, 0.2) is 47.4 Å².